The zero-order valence-corrected chi connectivity index (χ0v) is 13.3. The average Bonchev–Trinajstić information content (AvgIpc) is 2.91. The van der Waals surface area contributed by atoms with Gasteiger partial charge in [-0.05, 0) is 35.1 Å². The van der Waals surface area contributed by atoms with Crippen molar-refractivity contribution in [3.63, 3.8) is 0 Å². The number of rotatable bonds is 2. The van der Waals surface area contributed by atoms with Gasteiger partial charge in [-0.2, -0.15) is 0 Å². The number of likely N-dealkylation sites (tertiary alicyclic amines) is 1. The summed E-state index contributed by atoms with van der Waals surface area (Å²) < 4.78 is 0. The fourth-order valence-electron chi connectivity index (χ4n) is 4.14. The zero-order valence-electron chi connectivity index (χ0n) is 13.3. The van der Waals surface area contributed by atoms with E-state index in [4.69, 9.17) is 0 Å². The standard InChI is InChI=1S/C20H19NO3/c22-19-10-5-11-21(20(23)24)18(19)12-17-15-8-3-1-6-13(15)14-7-2-4-9-16(14)17/h1-4,6-9,17-18H,5,10-12H2,(H,23,24). The van der Waals surface area contributed by atoms with Crippen LogP contribution in [0.25, 0.3) is 11.1 Å². The third kappa shape index (κ3) is 2.30. The van der Waals surface area contributed by atoms with Gasteiger partial charge in [-0.1, -0.05) is 48.5 Å². The third-order valence-corrected chi connectivity index (χ3v) is 5.24. The minimum atomic E-state index is -0.993. The van der Waals surface area contributed by atoms with E-state index >= 15 is 0 Å². The SMILES string of the molecule is O=C1CCCN(C(=O)O)C1CC1c2ccccc2-c2ccccc21. The Balaban J connectivity index is 1.74. The molecule has 24 heavy (non-hydrogen) atoms. The van der Waals surface area contributed by atoms with Crippen LogP contribution in [0.5, 0.6) is 0 Å². The Morgan fingerprint density at radius 3 is 2.21 bits per heavy atom. The molecular formula is C20H19NO3. The van der Waals surface area contributed by atoms with E-state index in [1.165, 1.54) is 27.2 Å². The number of benzene rings is 2. The van der Waals surface area contributed by atoms with Gasteiger partial charge < -0.3 is 5.11 Å². The van der Waals surface area contributed by atoms with Crippen LogP contribution in [0, 0.1) is 0 Å². The molecule has 2 aromatic rings. The fraction of sp³-hybridized carbons (Fsp3) is 0.300. The number of piperidine rings is 1. The Morgan fingerprint density at radius 1 is 1.04 bits per heavy atom. The number of fused-ring (bicyclic) bond motifs is 3. The summed E-state index contributed by atoms with van der Waals surface area (Å²) in [4.78, 5) is 25.3. The third-order valence-electron chi connectivity index (χ3n) is 5.24. The van der Waals surface area contributed by atoms with Gasteiger partial charge in [0, 0.05) is 18.9 Å². The van der Waals surface area contributed by atoms with Crippen LogP contribution in [-0.4, -0.2) is 34.5 Å². The van der Waals surface area contributed by atoms with Crippen LogP contribution in [0.2, 0.25) is 0 Å². The lowest BCUT2D eigenvalue weighted by Gasteiger charge is -2.34. The van der Waals surface area contributed by atoms with E-state index in [0.29, 0.717) is 25.8 Å². The van der Waals surface area contributed by atoms with Gasteiger partial charge in [0.25, 0.3) is 0 Å². The maximum Gasteiger partial charge on any atom is 0.407 e. The van der Waals surface area contributed by atoms with Crippen LogP contribution in [0.4, 0.5) is 4.79 Å². The Hall–Kier alpha value is -2.62. The molecule has 1 heterocycles. The summed E-state index contributed by atoms with van der Waals surface area (Å²) in [6.07, 6.45) is 0.635. The molecule has 1 fully saturated rings. The van der Waals surface area contributed by atoms with Gasteiger partial charge in [-0.15, -0.1) is 0 Å². The van der Waals surface area contributed by atoms with E-state index in [1.54, 1.807) is 0 Å². The number of carbonyl (C=O) groups is 2. The molecule has 1 amide bonds. The molecule has 0 spiro atoms. The lowest BCUT2D eigenvalue weighted by Crippen LogP contribution is -2.49. The topological polar surface area (TPSA) is 57.6 Å². The lowest BCUT2D eigenvalue weighted by atomic mass is 9.86. The highest BCUT2D eigenvalue weighted by Crippen LogP contribution is 2.47. The summed E-state index contributed by atoms with van der Waals surface area (Å²) in [5.41, 5.74) is 4.79. The Labute approximate surface area is 140 Å². The molecule has 0 bridgehead atoms. The highest BCUT2D eigenvalue weighted by atomic mass is 16.4. The van der Waals surface area contributed by atoms with E-state index in [0.717, 1.165) is 0 Å². The molecule has 4 heteroatoms. The Morgan fingerprint density at radius 2 is 1.62 bits per heavy atom. The van der Waals surface area contributed by atoms with E-state index in [1.807, 2.05) is 24.3 Å². The molecule has 1 aliphatic carbocycles. The largest absolute Gasteiger partial charge is 0.465 e. The second-order valence-electron chi connectivity index (χ2n) is 6.52. The van der Waals surface area contributed by atoms with Crippen LogP contribution in [0.3, 0.4) is 0 Å². The normalized spacial score (nSPS) is 19.9. The first-order valence-corrected chi connectivity index (χ1v) is 8.37. The van der Waals surface area contributed by atoms with Crippen molar-refractivity contribution in [1.82, 2.24) is 4.90 Å². The zero-order chi connectivity index (χ0) is 16.7. The van der Waals surface area contributed by atoms with Gasteiger partial charge in [-0.25, -0.2) is 4.79 Å². The van der Waals surface area contributed by atoms with Crippen LogP contribution in [0.1, 0.15) is 36.3 Å². The van der Waals surface area contributed by atoms with Crippen molar-refractivity contribution in [1.29, 1.82) is 0 Å². The summed E-state index contributed by atoms with van der Waals surface area (Å²) in [6, 6.07) is 15.9. The van der Waals surface area contributed by atoms with Gasteiger partial charge in [0.2, 0.25) is 0 Å². The minimum absolute atomic E-state index is 0.0468. The van der Waals surface area contributed by atoms with Crippen molar-refractivity contribution in [3.8, 4) is 11.1 Å². The molecule has 0 radical (unpaired) electrons. The first-order chi connectivity index (χ1) is 11.7. The number of hydrogen-bond donors (Lipinski definition) is 1. The van der Waals surface area contributed by atoms with Gasteiger partial charge in [0.05, 0.1) is 6.04 Å². The molecule has 122 valence electrons. The van der Waals surface area contributed by atoms with Gasteiger partial charge in [-0.3, -0.25) is 9.69 Å². The number of Topliss-reactive ketones (excluding diaryl/α,β-unsaturated/α-hetero) is 1. The molecule has 2 aromatic carbocycles. The van der Waals surface area contributed by atoms with E-state index < -0.39 is 12.1 Å². The predicted octanol–water partition coefficient (Wildman–Crippen LogP) is 3.90. The van der Waals surface area contributed by atoms with Crippen LogP contribution in [0.15, 0.2) is 48.5 Å². The number of hydrogen-bond acceptors (Lipinski definition) is 2. The summed E-state index contributed by atoms with van der Waals surface area (Å²) >= 11 is 0. The van der Waals surface area contributed by atoms with Crippen LogP contribution < -0.4 is 0 Å². The lowest BCUT2D eigenvalue weighted by molar-refractivity contribution is -0.126. The molecule has 0 saturated carbocycles. The molecule has 1 aliphatic heterocycles. The summed E-state index contributed by atoms with van der Waals surface area (Å²) in [6.45, 7) is 0.446. The molecule has 1 unspecified atom stereocenters. The highest BCUT2D eigenvalue weighted by molar-refractivity contribution is 5.89. The number of carbonyl (C=O) groups excluding carboxylic acids is 1. The first-order valence-electron chi connectivity index (χ1n) is 8.37. The molecule has 4 rings (SSSR count). The summed E-state index contributed by atoms with van der Waals surface area (Å²) in [5.74, 6) is 0.122. The van der Waals surface area contributed by atoms with Crippen molar-refractivity contribution < 1.29 is 14.7 Å². The van der Waals surface area contributed by atoms with Crippen molar-refractivity contribution in [3.05, 3.63) is 59.7 Å². The maximum absolute atomic E-state index is 12.4. The van der Waals surface area contributed by atoms with Crippen LogP contribution >= 0.6 is 0 Å². The van der Waals surface area contributed by atoms with Crippen molar-refractivity contribution in [2.45, 2.75) is 31.2 Å². The smallest absolute Gasteiger partial charge is 0.407 e. The molecule has 2 aliphatic rings. The first kappa shape index (κ1) is 14.9. The Bertz CT molecular complexity index is 769. The van der Waals surface area contributed by atoms with Crippen molar-refractivity contribution >= 4 is 11.9 Å². The number of nitrogens with zero attached hydrogens (tertiary/aromatic N) is 1. The van der Waals surface area contributed by atoms with E-state index in [9.17, 15) is 14.7 Å². The fourth-order valence-corrected chi connectivity index (χ4v) is 4.14. The monoisotopic (exact) mass is 321 g/mol. The van der Waals surface area contributed by atoms with Crippen LogP contribution in [-0.2, 0) is 4.79 Å². The molecular weight excluding hydrogens is 302 g/mol. The number of amides is 1. The second-order valence-corrected chi connectivity index (χ2v) is 6.52. The Kier molecular flexibility index (Phi) is 3.60. The average molecular weight is 321 g/mol. The molecule has 1 atom stereocenters. The van der Waals surface area contributed by atoms with Crippen molar-refractivity contribution in [2.24, 2.45) is 0 Å². The molecule has 1 saturated heterocycles. The second kappa shape index (κ2) is 5.78. The molecule has 1 N–H and O–H groups in total. The highest BCUT2D eigenvalue weighted by Gasteiger charge is 2.38. The minimum Gasteiger partial charge on any atom is -0.465 e. The van der Waals surface area contributed by atoms with E-state index in [2.05, 4.69) is 24.3 Å². The molecule has 0 aromatic heterocycles. The van der Waals surface area contributed by atoms with Crippen molar-refractivity contribution in [2.75, 3.05) is 6.54 Å². The maximum atomic E-state index is 12.4. The van der Waals surface area contributed by atoms with Gasteiger partial charge in [0.1, 0.15) is 0 Å². The van der Waals surface area contributed by atoms with Gasteiger partial charge >= 0.3 is 6.09 Å². The summed E-state index contributed by atoms with van der Waals surface area (Å²) in [5, 5.41) is 9.46. The number of carboxylic acid groups (broad SMARTS) is 1. The quantitative estimate of drug-likeness (QED) is 0.912. The van der Waals surface area contributed by atoms with E-state index in [-0.39, 0.29) is 11.7 Å². The predicted molar refractivity (Wildman–Crippen MR) is 91.1 cm³/mol. The molecule has 4 nitrogen and oxygen atoms in total. The van der Waals surface area contributed by atoms with Gasteiger partial charge in [0.15, 0.2) is 5.78 Å². The summed E-state index contributed by atoms with van der Waals surface area (Å²) in [7, 11) is 0. The number of ketones is 1.